The molecule has 16 heavy (non-hydrogen) atoms. The largest absolute Gasteiger partial charge is 0.329 e. The van der Waals surface area contributed by atoms with Crippen LogP contribution in [-0.4, -0.2) is 41.0 Å². The predicted molar refractivity (Wildman–Crippen MR) is 69.7 cm³/mol. The van der Waals surface area contributed by atoms with Crippen molar-refractivity contribution in [3.8, 4) is 0 Å². The number of nitrogens with two attached hydrogens (primary N) is 1. The van der Waals surface area contributed by atoms with E-state index in [9.17, 15) is 0 Å². The van der Waals surface area contributed by atoms with Gasteiger partial charge in [0.15, 0.2) is 0 Å². The fourth-order valence-electron chi connectivity index (χ4n) is 2.19. The average Bonchev–Trinajstić information content (AvgIpc) is 2.34. The van der Waals surface area contributed by atoms with Crippen LogP contribution >= 0.6 is 11.8 Å². The average molecular weight is 237 g/mol. The molecule has 1 fully saturated rings. The molecule has 1 saturated heterocycles. The second kappa shape index (κ2) is 5.66. The van der Waals surface area contributed by atoms with Gasteiger partial charge in [0, 0.05) is 49.6 Å². The van der Waals surface area contributed by atoms with Crippen LogP contribution in [0, 0.1) is 6.92 Å². The summed E-state index contributed by atoms with van der Waals surface area (Å²) in [6.07, 6.45) is 3.81. The molecule has 0 amide bonds. The van der Waals surface area contributed by atoms with Crippen molar-refractivity contribution in [3.63, 3.8) is 0 Å². The monoisotopic (exact) mass is 237 g/mol. The molecule has 1 aromatic rings. The summed E-state index contributed by atoms with van der Waals surface area (Å²) in [6, 6.07) is 2.41. The Morgan fingerprint density at radius 1 is 1.50 bits per heavy atom. The molecule has 1 atom stereocenters. The zero-order valence-corrected chi connectivity index (χ0v) is 10.5. The first-order valence-electron chi connectivity index (χ1n) is 5.75. The normalized spacial score (nSPS) is 19.6. The molecule has 3 nitrogen and oxygen atoms in total. The Hall–Kier alpha value is -0.580. The van der Waals surface area contributed by atoms with Crippen molar-refractivity contribution in [3.05, 3.63) is 29.6 Å². The highest BCUT2D eigenvalue weighted by molar-refractivity contribution is 7.99. The van der Waals surface area contributed by atoms with Crippen LogP contribution in [0.15, 0.2) is 18.5 Å². The Labute approximate surface area is 101 Å². The molecule has 4 heteroatoms. The lowest BCUT2D eigenvalue weighted by atomic mass is 10.0. The lowest BCUT2D eigenvalue weighted by molar-refractivity contribution is 0.222. The Morgan fingerprint density at radius 2 is 2.25 bits per heavy atom. The quantitative estimate of drug-likeness (QED) is 0.864. The van der Waals surface area contributed by atoms with Crippen molar-refractivity contribution in [2.45, 2.75) is 13.0 Å². The van der Waals surface area contributed by atoms with Crippen molar-refractivity contribution < 1.29 is 0 Å². The van der Waals surface area contributed by atoms with Crippen molar-refractivity contribution in [2.75, 3.05) is 31.1 Å². The summed E-state index contributed by atoms with van der Waals surface area (Å²) in [5.74, 6) is 2.44. The lowest BCUT2D eigenvalue weighted by Gasteiger charge is -2.34. The second-order valence-electron chi connectivity index (χ2n) is 4.13. The van der Waals surface area contributed by atoms with Gasteiger partial charge in [-0.25, -0.2) is 0 Å². The van der Waals surface area contributed by atoms with Gasteiger partial charge in [-0.05, 0) is 24.1 Å². The first-order valence-corrected chi connectivity index (χ1v) is 6.90. The lowest BCUT2D eigenvalue weighted by Crippen LogP contribution is -2.39. The standard InChI is InChI=1S/C12H19N3S/c1-10-2-3-14-9-11(10)12(8-13)15-4-6-16-7-5-15/h2-3,9,12H,4-8,13H2,1H3. The van der Waals surface area contributed by atoms with Crippen LogP contribution in [0.2, 0.25) is 0 Å². The smallest absolute Gasteiger partial charge is 0.0488 e. The molecule has 2 N–H and O–H groups in total. The molecule has 1 unspecified atom stereocenters. The number of rotatable bonds is 3. The van der Waals surface area contributed by atoms with Crippen molar-refractivity contribution >= 4 is 11.8 Å². The maximum atomic E-state index is 5.93. The van der Waals surface area contributed by atoms with Gasteiger partial charge in [-0.1, -0.05) is 0 Å². The van der Waals surface area contributed by atoms with Crippen LogP contribution in [0.1, 0.15) is 17.2 Å². The molecule has 0 aliphatic carbocycles. The van der Waals surface area contributed by atoms with Crippen LogP contribution in [0.3, 0.4) is 0 Å². The van der Waals surface area contributed by atoms with E-state index in [2.05, 4.69) is 22.9 Å². The van der Waals surface area contributed by atoms with E-state index in [4.69, 9.17) is 5.73 Å². The zero-order chi connectivity index (χ0) is 11.4. The van der Waals surface area contributed by atoms with Gasteiger partial charge in [-0.15, -0.1) is 0 Å². The summed E-state index contributed by atoms with van der Waals surface area (Å²) >= 11 is 2.03. The number of nitrogens with zero attached hydrogens (tertiary/aromatic N) is 2. The summed E-state index contributed by atoms with van der Waals surface area (Å²) in [4.78, 5) is 6.71. The summed E-state index contributed by atoms with van der Waals surface area (Å²) in [7, 11) is 0. The molecule has 0 aromatic carbocycles. The molecule has 2 heterocycles. The highest BCUT2D eigenvalue weighted by Gasteiger charge is 2.22. The Morgan fingerprint density at radius 3 is 2.88 bits per heavy atom. The number of pyridine rings is 1. The fourth-order valence-corrected chi connectivity index (χ4v) is 3.12. The topological polar surface area (TPSA) is 42.1 Å². The Balaban J connectivity index is 2.18. The van der Waals surface area contributed by atoms with Gasteiger partial charge >= 0.3 is 0 Å². The third-order valence-electron chi connectivity index (χ3n) is 3.15. The number of hydrogen-bond acceptors (Lipinski definition) is 4. The first kappa shape index (κ1) is 11.9. The molecule has 88 valence electrons. The Kier molecular flexibility index (Phi) is 4.21. The highest BCUT2D eigenvalue weighted by Crippen LogP contribution is 2.24. The van der Waals surface area contributed by atoms with Crippen molar-refractivity contribution in [1.82, 2.24) is 9.88 Å². The van der Waals surface area contributed by atoms with E-state index in [1.807, 2.05) is 24.2 Å². The van der Waals surface area contributed by atoms with Crippen LogP contribution in [0.5, 0.6) is 0 Å². The summed E-state index contributed by atoms with van der Waals surface area (Å²) in [6.45, 7) is 5.09. The molecule has 0 radical (unpaired) electrons. The van der Waals surface area contributed by atoms with E-state index >= 15 is 0 Å². The van der Waals surface area contributed by atoms with Gasteiger partial charge in [-0.3, -0.25) is 9.88 Å². The minimum Gasteiger partial charge on any atom is -0.329 e. The second-order valence-corrected chi connectivity index (χ2v) is 5.36. The first-order chi connectivity index (χ1) is 7.83. The summed E-state index contributed by atoms with van der Waals surface area (Å²) < 4.78 is 0. The van der Waals surface area contributed by atoms with Crippen molar-refractivity contribution in [1.29, 1.82) is 0 Å². The van der Waals surface area contributed by atoms with Crippen LogP contribution in [0.4, 0.5) is 0 Å². The number of aryl methyl sites for hydroxylation is 1. The molecule has 2 rings (SSSR count). The molecule has 1 aliphatic heterocycles. The molecule has 1 aliphatic rings. The Bertz CT molecular complexity index is 337. The van der Waals surface area contributed by atoms with Crippen LogP contribution in [-0.2, 0) is 0 Å². The van der Waals surface area contributed by atoms with Crippen LogP contribution in [0.25, 0.3) is 0 Å². The van der Waals surface area contributed by atoms with Crippen molar-refractivity contribution in [2.24, 2.45) is 5.73 Å². The van der Waals surface area contributed by atoms with E-state index in [0.29, 0.717) is 12.6 Å². The van der Waals surface area contributed by atoms with Gasteiger partial charge in [0.25, 0.3) is 0 Å². The maximum Gasteiger partial charge on any atom is 0.0488 e. The fraction of sp³-hybridized carbons (Fsp3) is 0.583. The van der Waals surface area contributed by atoms with E-state index in [0.717, 1.165) is 13.1 Å². The molecule has 0 saturated carbocycles. The molecular weight excluding hydrogens is 218 g/mol. The summed E-state index contributed by atoms with van der Waals surface area (Å²) in [5.41, 5.74) is 8.51. The predicted octanol–water partition coefficient (Wildman–Crippen LogP) is 1.44. The van der Waals surface area contributed by atoms with E-state index in [1.165, 1.54) is 22.6 Å². The number of hydrogen-bond donors (Lipinski definition) is 1. The zero-order valence-electron chi connectivity index (χ0n) is 9.72. The van der Waals surface area contributed by atoms with Gasteiger partial charge in [0.05, 0.1) is 0 Å². The van der Waals surface area contributed by atoms with Gasteiger partial charge in [0.1, 0.15) is 0 Å². The summed E-state index contributed by atoms with van der Waals surface area (Å²) in [5, 5.41) is 0. The van der Waals surface area contributed by atoms with E-state index in [-0.39, 0.29) is 0 Å². The van der Waals surface area contributed by atoms with E-state index < -0.39 is 0 Å². The maximum absolute atomic E-state index is 5.93. The molecule has 1 aromatic heterocycles. The van der Waals surface area contributed by atoms with Gasteiger partial charge < -0.3 is 5.73 Å². The molecule has 0 bridgehead atoms. The molecular formula is C12H19N3S. The SMILES string of the molecule is Cc1ccncc1C(CN)N1CCSCC1. The van der Waals surface area contributed by atoms with Crippen LogP contribution < -0.4 is 5.73 Å². The van der Waals surface area contributed by atoms with Gasteiger partial charge in [0.2, 0.25) is 0 Å². The highest BCUT2D eigenvalue weighted by atomic mass is 32.2. The minimum atomic E-state index is 0.342. The number of aromatic nitrogens is 1. The molecule has 0 spiro atoms. The third-order valence-corrected chi connectivity index (χ3v) is 4.09. The minimum absolute atomic E-state index is 0.342. The third kappa shape index (κ3) is 2.56. The van der Waals surface area contributed by atoms with Gasteiger partial charge in [-0.2, -0.15) is 11.8 Å². The number of thioether (sulfide) groups is 1. The van der Waals surface area contributed by atoms with E-state index in [1.54, 1.807) is 0 Å².